The predicted octanol–water partition coefficient (Wildman–Crippen LogP) is 3.70. The van der Waals surface area contributed by atoms with Crippen molar-refractivity contribution in [2.24, 2.45) is 5.10 Å². The SMILES string of the molecule is CCCN1C(=O)c2sccc2N2C(CCC(=O)Nc3ccc(OC)c(Cl)c3)=NNC12. The van der Waals surface area contributed by atoms with Gasteiger partial charge in [0.25, 0.3) is 5.91 Å². The Balaban J connectivity index is 1.43. The Labute approximate surface area is 183 Å². The van der Waals surface area contributed by atoms with E-state index in [4.69, 9.17) is 16.3 Å². The van der Waals surface area contributed by atoms with Gasteiger partial charge in [-0.15, -0.1) is 11.3 Å². The zero-order valence-electron chi connectivity index (χ0n) is 16.6. The number of hydrogen-bond acceptors (Lipinski definition) is 7. The van der Waals surface area contributed by atoms with E-state index in [1.54, 1.807) is 23.1 Å². The molecule has 1 aromatic heterocycles. The number of nitrogens with one attached hydrogen (secondary N) is 2. The van der Waals surface area contributed by atoms with Crippen molar-refractivity contribution in [3.63, 3.8) is 0 Å². The summed E-state index contributed by atoms with van der Waals surface area (Å²) in [5, 5.41) is 9.61. The van der Waals surface area contributed by atoms with Gasteiger partial charge in [0.05, 0.1) is 17.8 Å². The van der Waals surface area contributed by atoms with Crippen molar-refractivity contribution in [1.82, 2.24) is 10.3 Å². The Morgan fingerprint density at radius 2 is 2.23 bits per heavy atom. The molecule has 2 aromatic rings. The van der Waals surface area contributed by atoms with Crippen LogP contribution in [0.4, 0.5) is 11.4 Å². The van der Waals surface area contributed by atoms with Crippen LogP contribution in [0.1, 0.15) is 35.9 Å². The maximum Gasteiger partial charge on any atom is 0.269 e. The Hall–Kier alpha value is -2.78. The number of fused-ring (bicyclic) bond motifs is 3. The summed E-state index contributed by atoms with van der Waals surface area (Å²) in [4.78, 5) is 29.8. The summed E-state index contributed by atoms with van der Waals surface area (Å²) in [6.45, 7) is 2.67. The van der Waals surface area contributed by atoms with Gasteiger partial charge in [-0.05, 0) is 36.1 Å². The Bertz CT molecular complexity index is 1010. The minimum atomic E-state index is -0.349. The minimum absolute atomic E-state index is 0.0150. The lowest BCUT2D eigenvalue weighted by Gasteiger charge is -2.39. The third kappa shape index (κ3) is 3.70. The Morgan fingerprint density at radius 3 is 2.97 bits per heavy atom. The van der Waals surface area contributed by atoms with Gasteiger partial charge in [0.15, 0.2) is 0 Å². The molecule has 0 bridgehead atoms. The molecule has 8 nitrogen and oxygen atoms in total. The molecule has 158 valence electrons. The van der Waals surface area contributed by atoms with Crippen LogP contribution in [-0.2, 0) is 4.79 Å². The van der Waals surface area contributed by atoms with Gasteiger partial charge in [-0.3, -0.25) is 24.8 Å². The molecule has 1 unspecified atom stereocenters. The van der Waals surface area contributed by atoms with E-state index >= 15 is 0 Å². The molecule has 2 aliphatic rings. The molecule has 2 amide bonds. The molecule has 30 heavy (non-hydrogen) atoms. The van der Waals surface area contributed by atoms with Crippen LogP contribution >= 0.6 is 22.9 Å². The first-order chi connectivity index (χ1) is 14.5. The van der Waals surface area contributed by atoms with Gasteiger partial charge in [-0.2, -0.15) is 5.10 Å². The summed E-state index contributed by atoms with van der Waals surface area (Å²) in [6.07, 6.45) is 1.18. The first-order valence-electron chi connectivity index (χ1n) is 9.66. The largest absolute Gasteiger partial charge is 0.495 e. The normalized spacial score (nSPS) is 17.2. The van der Waals surface area contributed by atoms with Crippen LogP contribution in [0.5, 0.6) is 5.75 Å². The van der Waals surface area contributed by atoms with E-state index in [9.17, 15) is 9.59 Å². The fraction of sp³-hybridized carbons (Fsp3) is 0.350. The van der Waals surface area contributed by atoms with E-state index in [0.717, 1.165) is 17.9 Å². The van der Waals surface area contributed by atoms with Crippen molar-refractivity contribution in [2.45, 2.75) is 32.5 Å². The third-order valence-corrected chi connectivity index (χ3v) is 6.15. The maximum absolute atomic E-state index is 12.8. The number of thiophene rings is 1. The van der Waals surface area contributed by atoms with E-state index in [2.05, 4.69) is 15.8 Å². The van der Waals surface area contributed by atoms with E-state index in [0.29, 0.717) is 34.3 Å². The van der Waals surface area contributed by atoms with Crippen LogP contribution in [0.3, 0.4) is 0 Å². The van der Waals surface area contributed by atoms with Crippen LogP contribution in [-0.4, -0.2) is 42.5 Å². The highest BCUT2D eigenvalue weighted by molar-refractivity contribution is 7.12. The number of rotatable bonds is 7. The van der Waals surface area contributed by atoms with E-state index < -0.39 is 0 Å². The summed E-state index contributed by atoms with van der Waals surface area (Å²) in [6, 6.07) is 7.03. The first-order valence-corrected chi connectivity index (χ1v) is 10.9. The number of benzene rings is 1. The number of halogens is 1. The summed E-state index contributed by atoms with van der Waals surface area (Å²) in [7, 11) is 1.54. The average molecular weight is 448 g/mol. The van der Waals surface area contributed by atoms with Crippen molar-refractivity contribution in [3.05, 3.63) is 39.5 Å². The van der Waals surface area contributed by atoms with Gasteiger partial charge in [0, 0.05) is 25.1 Å². The lowest BCUT2D eigenvalue weighted by molar-refractivity contribution is -0.116. The van der Waals surface area contributed by atoms with Gasteiger partial charge in [-0.1, -0.05) is 18.5 Å². The number of anilines is 2. The second-order valence-electron chi connectivity index (χ2n) is 6.93. The number of hydrazone groups is 1. The van der Waals surface area contributed by atoms with Gasteiger partial charge in [0.2, 0.25) is 12.2 Å². The van der Waals surface area contributed by atoms with Crippen LogP contribution in [0, 0.1) is 0 Å². The molecule has 2 N–H and O–H groups in total. The molecule has 3 heterocycles. The van der Waals surface area contributed by atoms with Crippen molar-refractivity contribution >= 4 is 52.0 Å². The van der Waals surface area contributed by atoms with Crippen molar-refractivity contribution in [2.75, 3.05) is 23.9 Å². The predicted molar refractivity (Wildman–Crippen MR) is 118 cm³/mol. The highest BCUT2D eigenvalue weighted by Crippen LogP contribution is 2.37. The van der Waals surface area contributed by atoms with Crippen LogP contribution < -0.4 is 20.4 Å². The highest BCUT2D eigenvalue weighted by Gasteiger charge is 2.43. The lowest BCUT2D eigenvalue weighted by atomic mass is 10.2. The van der Waals surface area contributed by atoms with Crippen molar-refractivity contribution in [3.8, 4) is 5.75 Å². The summed E-state index contributed by atoms with van der Waals surface area (Å²) >= 11 is 7.54. The number of amidine groups is 1. The van der Waals surface area contributed by atoms with Crippen LogP contribution in [0.2, 0.25) is 5.02 Å². The molecule has 10 heteroatoms. The van der Waals surface area contributed by atoms with Crippen LogP contribution in [0.25, 0.3) is 0 Å². The molecule has 2 aliphatic heterocycles. The second-order valence-corrected chi connectivity index (χ2v) is 8.26. The molecule has 0 saturated carbocycles. The van der Waals surface area contributed by atoms with Gasteiger partial charge in [-0.25, -0.2) is 0 Å². The van der Waals surface area contributed by atoms with Crippen LogP contribution in [0.15, 0.2) is 34.7 Å². The van der Waals surface area contributed by atoms with Gasteiger partial charge in [0.1, 0.15) is 16.5 Å². The summed E-state index contributed by atoms with van der Waals surface area (Å²) < 4.78 is 5.13. The fourth-order valence-corrected chi connectivity index (χ4v) is 4.69. The zero-order valence-corrected chi connectivity index (χ0v) is 18.2. The number of carbonyl (C=O) groups excluding carboxylic acids is 2. The minimum Gasteiger partial charge on any atom is -0.495 e. The van der Waals surface area contributed by atoms with Gasteiger partial charge >= 0.3 is 0 Å². The van der Waals surface area contributed by atoms with Crippen molar-refractivity contribution in [1.29, 1.82) is 0 Å². The number of nitrogens with zero attached hydrogens (tertiary/aromatic N) is 3. The van der Waals surface area contributed by atoms with E-state index in [-0.39, 0.29) is 24.5 Å². The molecular formula is C20H22ClN5O3S. The molecule has 4 rings (SSSR count). The number of carbonyl (C=O) groups is 2. The topological polar surface area (TPSA) is 86.3 Å². The highest BCUT2D eigenvalue weighted by atomic mass is 35.5. The molecule has 1 aromatic carbocycles. The zero-order chi connectivity index (χ0) is 21.3. The van der Waals surface area contributed by atoms with E-state index in [1.165, 1.54) is 18.4 Å². The molecule has 1 atom stereocenters. The molecule has 0 fully saturated rings. The van der Waals surface area contributed by atoms with Crippen molar-refractivity contribution < 1.29 is 14.3 Å². The lowest BCUT2D eigenvalue weighted by Crippen LogP contribution is -2.58. The third-order valence-electron chi connectivity index (χ3n) is 4.96. The Kier molecular flexibility index (Phi) is 5.83. The maximum atomic E-state index is 12.8. The average Bonchev–Trinajstić information content (AvgIpc) is 3.36. The molecule has 0 radical (unpaired) electrons. The number of ether oxygens (including phenoxy) is 1. The monoisotopic (exact) mass is 447 g/mol. The Morgan fingerprint density at radius 1 is 1.40 bits per heavy atom. The standard InChI is InChI=1S/C20H22ClN5O3S/c1-3-9-25-19(28)18-14(8-10-30-18)26-16(23-24-20(25)26)6-7-17(27)22-12-4-5-15(29-2)13(21)11-12/h4-5,8,10-11,20,24H,3,6-7,9H2,1-2H3,(H,22,27). The number of hydrogen-bond donors (Lipinski definition) is 2. The number of methoxy groups -OCH3 is 1. The number of amides is 2. The molecular weight excluding hydrogens is 426 g/mol. The molecule has 0 aliphatic carbocycles. The smallest absolute Gasteiger partial charge is 0.269 e. The molecule has 0 spiro atoms. The van der Waals surface area contributed by atoms with Gasteiger partial charge < -0.3 is 10.1 Å². The summed E-state index contributed by atoms with van der Waals surface area (Å²) in [5.74, 6) is 1.15. The van der Waals surface area contributed by atoms with E-state index in [1.807, 2.05) is 23.3 Å². The quantitative estimate of drug-likeness (QED) is 0.675. The molecule has 0 saturated heterocycles. The first kappa shape index (κ1) is 20.5. The second kappa shape index (κ2) is 8.53. The summed E-state index contributed by atoms with van der Waals surface area (Å²) in [5.41, 5.74) is 4.50. The fourth-order valence-electron chi connectivity index (χ4n) is 3.59.